The van der Waals surface area contributed by atoms with Crippen molar-refractivity contribution < 1.29 is 25.2 Å². The van der Waals surface area contributed by atoms with Gasteiger partial charge in [0.15, 0.2) is 0 Å². The first-order valence-electron chi connectivity index (χ1n) is 4.05. The van der Waals surface area contributed by atoms with E-state index in [1.54, 1.807) is 0 Å². The molecule has 0 spiro atoms. The van der Waals surface area contributed by atoms with Crippen LogP contribution in [0.3, 0.4) is 0 Å². The van der Waals surface area contributed by atoms with E-state index in [9.17, 15) is 16.8 Å². The lowest BCUT2D eigenvalue weighted by Crippen LogP contribution is -2.07. The Labute approximate surface area is 94.1 Å². The van der Waals surface area contributed by atoms with Gasteiger partial charge < -0.3 is 8.37 Å². The maximum Gasteiger partial charge on any atom is 0.306 e. The zero-order chi connectivity index (χ0) is 12.4. The smallest absolute Gasteiger partial charge is 0.306 e. The third-order valence-electron chi connectivity index (χ3n) is 1.30. The summed E-state index contributed by atoms with van der Waals surface area (Å²) in [5.74, 6) is -0.0210. The summed E-state index contributed by atoms with van der Waals surface area (Å²) >= 11 is 0. The van der Waals surface area contributed by atoms with Crippen molar-refractivity contribution in [2.45, 2.75) is 0 Å². The summed E-state index contributed by atoms with van der Waals surface area (Å²) in [6.45, 7) is 0. The maximum atomic E-state index is 10.8. The number of benzene rings is 1. The zero-order valence-corrected chi connectivity index (χ0v) is 10.2. The van der Waals surface area contributed by atoms with E-state index in [1.165, 1.54) is 24.3 Å². The van der Waals surface area contributed by atoms with Gasteiger partial charge in [-0.2, -0.15) is 16.8 Å². The van der Waals surface area contributed by atoms with E-state index < -0.39 is 20.2 Å². The van der Waals surface area contributed by atoms with Gasteiger partial charge in [-0.25, -0.2) is 0 Å². The molecule has 0 saturated carbocycles. The second-order valence-electron chi connectivity index (χ2n) is 3.05. The van der Waals surface area contributed by atoms with Crippen LogP contribution >= 0.6 is 0 Å². The average molecular weight is 266 g/mol. The van der Waals surface area contributed by atoms with Crippen LogP contribution in [-0.2, 0) is 20.2 Å². The van der Waals surface area contributed by atoms with E-state index in [0.717, 1.165) is 12.5 Å². The van der Waals surface area contributed by atoms with E-state index in [0.29, 0.717) is 0 Å². The number of rotatable bonds is 4. The molecule has 0 N–H and O–H groups in total. The molecule has 0 heterocycles. The van der Waals surface area contributed by atoms with Gasteiger partial charge in [0.05, 0.1) is 12.5 Å². The molecule has 0 aliphatic rings. The highest BCUT2D eigenvalue weighted by Crippen LogP contribution is 2.21. The molecule has 0 atom stereocenters. The molecule has 0 fully saturated rings. The van der Waals surface area contributed by atoms with Crippen molar-refractivity contribution in [3.05, 3.63) is 24.3 Å². The molecule has 6 nitrogen and oxygen atoms in total. The van der Waals surface area contributed by atoms with E-state index in [1.807, 2.05) is 0 Å². The molecule has 0 radical (unpaired) electrons. The van der Waals surface area contributed by atoms with Crippen LogP contribution in [0.25, 0.3) is 0 Å². The molecular weight excluding hydrogens is 256 g/mol. The molecule has 90 valence electrons. The summed E-state index contributed by atoms with van der Waals surface area (Å²) in [7, 11) is -7.29. The molecule has 8 heteroatoms. The Morgan fingerprint density at radius 3 is 1.56 bits per heavy atom. The summed E-state index contributed by atoms with van der Waals surface area (Å²) in [5.41, 5.74) is 0. The highest BCUT2D eigenvalue weighted by atomic mass is 32.2. The van der Waals surface area contributed by atoms with E-state index in [4.69, 9.17) is 0 Å². The summed E-state index contributed by atoms with van der Waals surface area (Å²) in [5, 5.41) is 0. The molecule has 1 aromatic rings. The number of hydrogen-bond donors (Lipinski definition) is 0. The Hall–Kier alpha value is -1.28. The van der Waals surface area contributed by atoms with Crippen LogP contribution in [0.1, 0.15) is 0 Å². The topological polar surface area (TPSA) is 86.7 Å². The van der Waals surface area contributed by atoms with Crippen molar-refractivity contribution in [2.75, 3.05) is 12.5 Å². The van der Waals surface area contributed by atoms with Crippen LogP contribution in [0.2, 0.25) is 0 Å². The van der Waals surface area contributed by atoms with Crippen molar-refractivity contribution >= 4 is 20.2 Å². The SMILES string of the molecule is CS(=O)(=O)Oc1cccc(OS(C)(=O)=O)c1. The van der Waals surface area contributed by atoms with E-state index in [2.05, 4.69) is 8.37 Å². The molecule has 0 bridgehead atoms. The fourth-order valence-electron chi connectivity index (χ4n) is 0.927. The Bertz CT molecular complexity index is 523. The van der Waals surface area contributed by atoms with Crippen molar-refractivity contribution in [1.29, 1.82) is 0 Å². The molecule has 0 amide bonds. The number of hydrogen-bond acceptors (Lipinski definition) is 6. The fraction of sp³-hybridized carbons (Fsp3) is 0.250. The van der Waals surface area contributed by atoms with Gasteiger partial charge in [-0.3, -0.25) is 0 Å². The minimum Gasteiger partial charge on any atom is -0.382 e. The van der Waals surface area contributed by atoms with Gasteiger partial charge >= 0.3 is 20.2 Å². The molecule has 0 unspecified atom stereocenters. The lowest BCUT2D eigenvalue weighted by molar-refractivity contribution is 0.483. The summed E-state index contributed by atoms with van der Waals surface area (Å²) < 4.78 is 52.4. The minimum absolute atomic E-state index is 0.0105. The predicted molar refractivity (Wildman–Crippen MR) is 57.4 cm³/mol. The Morgan fingerprint density at radius 1 is 0.875 bits per heavy atom. The Morgan fingerprint density at radius 2 is 1.25 bits per heavy atom. The van der Waals surface area contributed by atoms with Crippen LogP contribution < -0.4 is 8.37 Å². The fourth-order valence-corrected chi connectivity index (χ4v) is 1.83. The van der Waals surface area contributed by atoms with Gasteiger partial charge in [0, 0.05) is 6.07 Å². The lowest BCUT2D eigenvalue weighted by Gasteiger charge is -2.05. The third kappa shape index (κ3) is 4.99. The lowest BCUT2D eigenvalue weighted by atomic mass is 10.3. The van der Waals surface area contributed by atoms with Crippen LogP contribution in [0.15, 0.2) is 24.3 Å². The highest BCUT2D eigenvalue weighted by molar-refractivity contribution is 7.86. The summed E-state index contributed by atoms with van der Waals surface area (Å²) in [6.07, 6.45) is 1.77. The predicted octanol–water partition coefficient (Wildman–Crippen LogP) is 0.363. The Kier molecular flexibility index (Phi) is 3.44. The normalized spacial score (nSPS) is 12.1. The first-order chi connectivity index (χ1) is 7.16. The minimum atomic E-state index is -3.64. The second kappa shape index (κ2) is 4.30. The van der Waals surface area contributed by atoms with Crippen LogP contribution in [0, 0.1) is 0 Å². The van der Waals surface area contributed by atoms with Crippen LogP contribution in [0.5, 0.6) is 11.5 Å². The molecule has 0 aliphatic carbocycles. The molecule has 0 aromatic heterocycles. The van der Waals surface area contributed by atoms with Crippen molar-refractivity contribution in [1.82, 2.24) is 0 Å². The van der Waals surface area contributed by atoms with Gasteiger partial charge in [-0.05, 0) is 12.1 Å². The van der Waals surface area contributed by atoms with Gasteiger partial charge in [0.2, 0.25) is 0 Å². The first-order valence-corrected chi connectivity index (χ1v) is 7.68. The van der Waals surface area contributed by atoms with Crippen LogP contribution in [-0.4, -0.2) is 29.3 Å². The largest absolute Gasteiger partial charge is 0.382 e. The van der Waals surface area contributed by atoms with Gasteiger partial charge in [-0.1, -0.05) is 6.07 Å². The quantitative estimate of drug-likeness (QED) is 0.731. The molecule has 16 heavy (non-hydrogen) atoms. The monoisotopic (exact) mass is 266 g/mol. The van der Waals surface area contributed by atoms with Crippen molar-refractivity contribution in [3.8, 4) is 11.5 Å². The highest BCUT2D eigenvalue weighted by Gasteiger charge is 2.08. The zero-order valence-electron chi connectivity index (χ0n) is 8.58. The van der Waals surface area contributed by atoms with Crippen molar-refractivity contribution in [2.24, 2.45) is 0 Å². The average Bonchev–Trinajstić information content (AvgIpc) is 1.96. The molecule has 0 saturated heterocycles. The summed E-state index contributed by atoms with van der Waals surface area (Å²) in [6, 6.07) is 5.33. The van der Waals surface area contributed by atoms with E-state index in [-0.39, 0.29) is 11.5 Å². The molecule has 0 aliphatic heterocycles. The van der Waals surface area contributed by atoms with Crippen molar-refractivity contribution in [3.63, 3.8) is 0 Å². The third-order valence-corrected chi connectivity index (χ3v) is 2.29. The van der Waals surface area contributed by atoms with E-state index >= 15 is 0 Å². The summed E-state index contributed by atoms with van der Waals surface area (Å²) in [4.78, 5) is 0. The molecule has 1 aromatic carbocycles. The second-order valence-corrected chi connectivity index (χ2v) is 6.20. The van der Waals surface area contributed by atoms with Gasteiger partial charge in [0.25, 0.3) is 0 Å². The maximum absolute atomic E-state index is 10.8. The van der Waals surface area contributed by atoms with Gasteiger partial charge in [-0.15, -0.1) is 0 Å². The molecular formula is C8H10O6S2. The first kappa shape index (κ1) is 12.8. The van der Waals surface area contributed by atoms with Crippen LogP contribution in [0.4, 0.5) is 0 Å². The van der Waals surface area contributed by atoms with Gasteiger partial charge in [0.1, 0.15) is 11.5 Å². The molecule has 1 rings (SSSR count). The standard InChI is InChI=1S/C8H10O6S2/c1-15(9,10)13-7-4-3-5-8(6-7)14-16(2,11)12/h3-6H,1-2H3. The Balaban J connectivity index is 2.96.